The largest absolute Gasteiger partial charge is 0.452 e. The molecule has 7 heteroatoms. The van der Waals surface area contributed by atoms with Crippen LogP contribution in [0.3, 0.4) is 0 Å². The number of nitrogens with one attached hydrogen (secondary N) is 2. The summed E-state index contributed by atoms with van der Waals surface area (Å²) in [6, 6.07) is 1.88. The fourth-order valence-electron chi connectivity index (χ4n) is 1.89. The van der Waals surface area contributed by atoms with Gasteiger partial charge < -0.3 is 9.73 Å². The van der Waals surface area contributed by atoms with Crippen LogP contribution < -0.4 is 10.0 Å². The van der Waals surface area contributed by atoms with Gasteiger partial charge in [0.1, 0.15) is 10.7 Å². The Hall–Kier alpha value is -0.370. The van der Waals surface area contributed by atoms with Gasteiger partial charge in [-0.15, -0.1) is 0 Å². The number of rotatable bonds is 6. The summed E-state index contributed by atoms with van der Waals surface area (Å²) < 4.78 is 33.1. The van der Waals surface area contributed by atoms with Crippen molar-refractivity contribution in [1.82, 2.24) is 10.0 Å². The molecule has 0 saturated heterocycles. The molecule has 0 aliphatic heterocycles. The number of halogens is 1. The van der Waals surface area contributed by atoms with E-state index >= 15 is 0 Å². The minimum Gasteiger partial charge on any atom is -0.452 e. The van der Waals surface area contributed by atoms with Gasteiger partial charge in [-0.2, -0.15) is 0 Å². The molecule has 114 valence electrons. The monoisotopic (exact) mass is 364 g/mol. The summed E-state index contributed by atoms with van der Waals surface area (Å²) >= 11 is 3.19. The Kier molecular flexibility index (Phi) is 4.35. The highest BCUT2D eigenvalue weighted by molar-refractivity contribution is 9.10. The van der Waals surface area contributed by atoms with Gasteiger partial charge >= 0.3 is 0 Å². The zero-order valence-corrected chi connectivity index (χ0v) is 14.6. The SMILES string of the molecule is CC(C)NCc1cc(S(=O)(=O)NC2CC2(C)C)c(Br)o1. The molecule has 1 fully saturated rings. The van der Waals surface area contributed by atoms with Crippen LogP contribution in [0.25, 0.3) is 0 Å². The van der Waals surface area contributed by atoms with Gasteiger partial charge in [-0.3, -0.25) is 0 Å². The van der Waals surface area contributed by atoms with Crippen molar-refractivity contribution in [2.45, 2.75) is 57.6 Å². The van der Waals surface area contributed by atoms with Gasteiger partial charge in [-0.25, -0.2) is 13.1 Å². The van der Waals surface area contributed by atoms with Crippen LogP contribution >= 0.6 is 15.9 Å². The predicted octanol–water partition coefficient (Wildman–Crippen LogP) is 2.62. The predicted molar refractivity (Wildman–Crippen MR) is 80.9 cm³/mol. The van der Waals surface area contributed by atoms with Gasteiger partial charge in [0.25, 0.3) is 0 Å². The van der Waals surface area contributed by atoms with Gasteiger partial charge in [-0.1, -0.05) is 27.7 Å². The van der Waals surface area contributed by atoms with Crippen LogP contribution in [0.1, 0.15) is 39.9 Å². The van der Waals surface area contributed by atoms with Crippen LogP contribution in [0, 0.1) is 5.41 Å². The summed E-state index contributed by atoms with van der Waals surface area (Å²) in [5.41, 5.74) is 0.0469. The Bertz CT molecular complexity index is 593. The molecular formula is C13H21BrN2O3S. The van der Waals surface area contributed by atoms with Crippen LogP contribution in [0.5, 0.6) is 0 Å². The molecule has 5 nitrogen and oxygen atoms in total. The summed E-state index contributed by atoms with van der Waals surface area (Å²) in [5, 5.41) is 3.19. The first kappa shape index (κ1) is 16.0. The first-order chi connectivity index (χ1) is 9.12. The number of sulfonamides is 1. The van der Waals surface area contributed by atoms with Gasteiger partial charge in [0.05, 0.1) is 6.54 Å². The summed E-state index contributed by atoms with van der Waals surface area (Å²) in [7, 11) is -3.53. The smallest absolute Gasteiger partial charge is 0.245 e. The topological polar surface area (TPSA) is 71.3 Å². The van der Waals surface area contributed by atoms with E-state index < -0.39 is 10.0 Å². The molecule has 20 heavy (non-hydrogen) atoms. The molecule has 2 rings (SSSR count). The van der Waals surface area contributed by atoms with E-state index in [0.29, 0.717) is 18.3 Å². The van der Waals surface area contributed by atoms with Crippen molar-refractivity contribution >= 4 is 26.0 Å². The van der Waals surface area contributed by atoms with Crippen molar-refractivity contribution in [3.63, 3.8) is 0 Å². The van der Waals surface area contributed by atoms with E-state index in [1.165, 1.54) is 0 Å². The lowest BCUT2D eigenvalue weighted by Crippen LogP contribution is -2.28. The Morgan fingerprint density at radius 2 is 2.10 bits per heavy atom. The molecule has 1 aromatic heterocycles. The highest BCUT2D eigenvalue weighted by Crippen LogP contribution is 2.45. The molecule has 0 radical (unpaired) electrons. The van der Waals surface area contributed by atoms with E-state index in [1.54, 1.807) is 6.07 Å². The van der Waals surface area contributed by atoms with E-state index in [-0.39, 0.29) is 21.0 Å². The molecule has 1 saturated carbocycles. The maximum Gasteiger partial charge on any atom is 0.245 e. The molecule has 0 amide bonds. The molecule has 1 heterocycles. The molecule has 1 aromatic rings. The van der Waals surface area contributed by atoms with Crippen LogP contribution in [0.2, 0.25) is 0 Å². The molecule has 1 aliphatic rings. The summed E-state index contributed by atoms with van der Waals surface area (Å²) in [5.74, 6) is 0.598. The van der Waals surface area contributed by atoms with Crippen molar-refractivity contribution < 1.29 is 12.8 Å². The summed E-state index contributed by atoms with van der Waals surface area (Å²) in [4.78, 5) is 0.167. The fourth-order valence-corrected chi connectivity index (χ4v) is 4.30. The van der Waals surface area contributed by atoms with Gasteiger partial charge in [-0.05, 0) is 27.8 Å². The van der Waals surface area contributed by atoms with Gasteiger partial charge in [0, 0.05) is 18.2 Å². The number of furan rings is 1. The number of hydrogen-bond donors (Lipinski definition) is 2. The van der Waals surface area contributed by atoms with E-state index in [9.17, 15) is 8.42 Å². The van der Waals surface area contributed by atoms with E-state index in [1.807, 2.05) is 27.7 Å². The van der Waals surface area contributed by atoms with E-state index in [2.05, 4.69) is 26.0 Å². The Balaban J connectivity index is 2.11. The average molecular weight is 365 g/mol. The highest BCUT2D eigenvalue weighted by atomic mass is 79.9. The molecule has 0 bridgehead atoms. The standard InChI is InChI=1S/C13H21BrN2O3S/c1-8(2)15-7-9-5-10(12(14)19-9)20(17,18)16-11-6-13(11,3)4/h5,8,11,15-16H,6-7H2,1-4H3. The molecule has 1 atom stereocenters. The third-order valence-electron chi connectivity index (χ3n) is 3.49. The van der Waals surface area contributed by atoms with Gasteiger partial charge in [0.2, 0.25) is 10.0 Å². The summed E-state index contributed by atoms with van der Waals surface area (Å²) in [6.45, 7) is 8.63. The molecular weight excluding hydrogens is 344 g/mol. The van der Waals surface area contributed by atoms with Crippen LogP contribution in [-0.4, -0.2) is 20.5 Å². The Labute approximate surface area is 128 Å². The second-order valence-electron chi connectivity index (χ2n) is 6.25. The average Bonchev–Trinajstić information content (AvgIpc) is 2.71. The minimum atomic E-state index is -3.53. The third kappa shape index (κ3) is 3.63. The van der Waals surface area contributed by atoms with Crippen LogP contribution in [0.4, 0.5) is 0 Å². The van der Waals surface area contributed by atoms with Crippen molar-refractivity contribution in [3.05, 3.63) is 16.5 Å². The lowest BCUT2D eigenvalue weighted by atomic mass is 10.2. The zero-order valence-electron chi connectivity index (χ0n) is 12.2. The first-order valence-electron chi connectivity index (χ1n) is 6.66. The molecule has 0 aromatic carbocycles. The molecule has 1 aliphatic carbocycles. The highest BCUT2D eigenvalue weighted by Gasteiger charge is 2.48. The second-order valence-corrected chi connectivity index (χ2v) is 8.66. The minimum absolute atomic E-state index is 0.00605. The number of hydrogen-bond acceptors (Lipinski definition) is 4. The van der Waals surface area contributed by atoms with E-state index in [4.69, 9.17) is 4.42 Å². The molecule has 2 N–H and O–H groups in total. The lowest BCUT2D eigenvalue weighted by molar-refractivity contribution is 0.447. The van der Waals surface area contributed by atoms with Crippen molar-refractivity contribution in [1.29, 1.82) is 0 Å². The van der Waals surface area contributed by atoms with Crippen molar-refractivity contribution in [2.75, 3.05) is 0 Å². The fraction of sp³-hybridized carbons (Fsp3) is 0.692. The van der Waals surface area contributed by atoms with Crippen molar-refractivity contribution in [2.24, 2.45) is 5.41 Å². The maximum atomic E-state index is 12.3. The van der Waals surface area contributed by atoms with Crippen LogP contribution in [0.15, 0.2) is 20.0 Å². The van der Waals surface area contributed by atoms with Gasteiger partial charge in [0.15, 0.2) is 4.67 Å². The maximum absolute atomic E-state index is 12.3. The summed E-state index contributed by atoms with van der Waals surface area (Å²) in [6.07, 6.45) is 0.865. The van der Waals surface area contributed by atoms with E-state index in [0.717, 1.165) is 6.42 Å². The second kappa shape index (κ2) is 5.44. The normalized spacial score (nSPS) is 21.4. The van der Waals surface area contributed by atoms with Crippen molar-refractivity contribution in [3.8, 4) is 0 Å². The quantitative estimate of drug-likeness (QED) is 0.813. The lowest BCUT2D eigenvalue weighted by Gasteiger charge is -2.06. The third-order valence-corrected chi connectivity index (χ3v) is 5.82. The first-order valence-corrected chi connectivity index (χ1v) is 8.93. The zero-order chi connectivity index (χ0) is 15.1. The van der Waals surface area contributed by atoms with Crippen LogP contribution in [-0.2, 0) is 16.6 Å². The molecule has 1 unspecified atom stereocenters. The Morgan fingerprint density at radius 1 is 1.50 bits per heavy atom. The Morgan fingerprint density at radius 3 is 2.60 bits per heavy atom. The molecule has 0 spiro atoms.